The molecule has 12 nitrogen and oxygen atoms in total. The van der Waals surface area contributed by atoms with Crippen molar-refractivity contribution in [1.29, 1.82) is 0 Å². The smallest absolute Gasteiger partial charge is 0.373 e. The molecule has 0 unspecified atom stereocenters. The molecule has 6 fully saturated rings. The van der Waals surface area contributed by atoms with Crippen LogP contribution >= 0.6 is 181 Å². The van der Waals surface area contributed by atoms with E-state index in [1.54, 1.807) is 0 Å². The summed E-state index contributed by atoms with van der Waals surface area (Å²) in [5.41, 5.74) is 0. The Bertz CT molecular complexity index is 834. The van der Waals surface area contributed by atoms with Gasteiger partial charge >= 0.3 is 70.4 Å². The lowest BCUT2D eigenvalue weighted by molar-refractivity contribution is -0.0304. The van der Waals surface area contributed by atoms with Crippen molar-refractivity contribution in [3.8, 4) is 0 Å². The molecule has 0 atom stereocenters. The van der Waals surface area contributed by atoms with Crippen LogP contribution in [-0.2, 0) is 49.4 Å². The zero-order valence-electron chi connectivity index (χ0n) is 28.9. The number of hydrogen-bond acceptors (Lipinski definition) is 12. The lowest BCUT2D eigenvalue weighted by Crippen LogP contribution is -2.88. The quantitative estimate of drug-likeness (QED) is 0.0521. The standard InChI is InChI=1S/C24H48I8O12Si8/c25-9-1-17-45-33-46(18-2-10-26)36-49(21-5-13-29)38-47(34-45,19-3-11-27)40-51(23-7-15-31)41-48(35-45,20-4-12-28)39-50(37-46,22-6-14-30)43-52(42-49,44-51)24-8-16-32/h1-24H2. The maximum absolute atomic E-state index is 7.70. The molecule has 0 amide bonds. The summed E-state index contributed by atoms with van der Waals surface area (Å²) >= 11 is 19.5. The number of alkyl halides is 8. The van der Waals surface area contributed by atoms with Crippen LogP contribution in [0, 0.1) is 0 Å². The number of halogens is 8. The summed E-state index contributed by atoms with van der Waals surface area (Å²) in [4.78, 5) is 0. The third-order valence-electron chi connectivity index (χ3n) is 8.66. The van der Waals surface area contributed by atoms with Crippen LogP contribution < -0.4 is 0 Å². The average molecular weight is 1770 g/mol. The summed E-state index contributed by atoms with van der Waals surface area (Å²) in [5.74, 6) is 0. The molecule has 6 rings (SSSR count). The maximum atomic E-state index is 7.70. The van der Waals surface area contributed by atoms with Gasteiger partial charge in [0.2, 0.25) is 0 Å². The first-order valence-corrected chi connectivity index (χ1v) is 45.5. The molecular formula is C24H48I8O12Si8. The lowest BCUT2D eigenvalue weighted by atomic mass is 10.6. The molecule has 0 spiro atoms. The second-order valence-electron chi connectivity index (χ2n) is 13.0. The van der Waals surface area contributed by atoms with Gasteiger partial charge in [0.15, 0.2) is 0 Å². The second-order valence-corrected chi connectivity index (χ2v) is 46.4. The highest BCUT2D eigenvalue weighted by atomic mass is 127. The zero-order valence-corrected chi connectivity index (χ0v) is 54.2. The van der Waals surface area contributed by atoms with Gasteiger partial charge in [-0.05, 0) is 86.8 Å². The van der Waals surface area contributed by atoms with Gasteiger partial charge in [-0.2, -0.15) is 0 Å². The van der Waals surface area contributed by atoms with Crippen LogP contribution in [0.4, 0.5) is 0 Å². The number of rotatable bonds is 24. The highest BCUT2D eigenvalue weighted by Crippen LogP contribution is 2.54. The predicted octanol–water partition coefficient (Wildman–Crippen LogP) is 10.4. The Hall–Kier alpha value is 7.10. The van der Waals surface area contributed by atoms with E-state index in [1.807, 2.05) is 0 Å². The molecule has 0 aromatic carbocycles. The first kappa shape index (κ1) is 50.1. The first-order valence-electron chi connectivity index (χ1n) is 17.9. The minimum atomic E-state index is -3.75. The van der Waals surface area contributed by atoms with E-state index in [-0.39, 0.29) is 0 Å². The first-order chi connectivity index (χ1) is 25.0. The van der Waals surface area contributed by atoms with Crippen LogP contribution in [0.5, 0.6) is 0 Å². The fraction of sp³-hybridized carbons (Fsp3) is 1.00. The van der Waals surface area contributed by atoms with Crippen LogP contribution in [0.15, 0.2) is 0 Å². The Balaban J connectivity index is 1.88. The molecule has 6 aliphatic heterocycles. The molecule has 0 radical (unpaired) electrons. The summed E-state index contributed by atoms with van der Waals surface area (Å²) in [6.07, 6.45) is 6.66. The fourth-order valence-electron chi connectivity index (χ4n) is 6.83. The van der Waals surface area contributed by atoms with Crippen molar-refractivity contribution in [3.63, 3.8) is 0 Å². The van der Waals surface area contributed by atoms with E-state index in [0.717, 1.165) is 86.8 Å². The molecule has 0 N–H and O–H groups in total. The van der Waals surface area contributed by atoms with E-state index in [1.165, 1.54) is 0 Å². The summed E-state index contributed by atoms with van der Waals surface area (Å²) in [6.45, 7) is 0. The highest BCUT2D eigenvalue weighted by Gasteiger charge is 2.82. The van der Waals surface area contributed by atoms with Gasteiger partial charge in [0.1, 0.15) is 0 Å². The van der Waals surface area contributed by atoms with Crippen molar-refractivity contribution < 1.29 is 49.4 Å². The highest BCUT2D eigenvalue weighted by molar-refractivity contribution is 14.1. The molecular weight excluding hydrogens is 1720 g/mol. The molecule has 0 aliphatic carbocycles. The molecule has 52 heavy (non-hydrogen) atoms. The van der Waals surface area contributed by atoms with Gasteiger partial charge in [-0.15, -0.1) is 0 Å². The molecule has 8 bridgehead atoms. The molecule has 6 heterocycles. The fourth-order valence-corrected chi connectivity index (χ4v) is 66.1. The lowest BCUT2D eigenvalue weighted by Gasteiger charge is -2.63. The van der Waals surface area contributed by atoms with E-state index >= 15 is 0 Å². The van der Waals surface area contributed by atoms with E-state index in [2.05, 4.69) is 181 Å². The predicted molar refractivity (Wildman–Crippen MR) is 286 cm³/mol. The van der Waals surface area contributed by atoms with Crippen molar-refractivity contribution in [2.75, 3.05) is 35.4 Å². The largest absolute Gasteiger partial charge is 0.478 e. The van der Waals surface area contributed by atoms with Gasteiger partial charge in [0.25, 0.3) is 0 Å². The van der Waals surface area contributed by atoms with Gasteiger partial charge in [0.05, 0.1) is 0 Å². The van der Waals surface area contributed by atoms with Crippen LogP contribution in [0.1, 0.15) is 51.4 Å². The molecule has 0 aromatic rings. The van der Waals surface area contributed by atoms with E-state index < -0.39 is 70.4 Å². The minimum Gasteiger partial charge on any atom is -0.373 e. The second kappa shape index (κ2) is 22.8. The summed E-state index contributed by atoms with van der Waals surface area (Å²) in [5, 5.41) is 0. The Morgan fingerprint density at radius 2 is 0.288 bits per heavy atom. The van der Waals surface area contributed by atoms with E-state index in [9.17, 15) is 0 Å². The topological polar surface area (TPSA) is 111 Å². The van der Waals surface area contributed by atoms with Crippen LogP contribution in [0.3, 0.4) is 0 Å². The van der Waals surface area contributed by atoms with Crippen molar-refractivity contribution in [3.05, 3.63) is 0 Å². The van der Waals surface area contributed by atoms with Crippen molar-refractivity contribution in [2.45, 2.75) is 99.7 Å². The Labute approximate surface area is 428 Å². The van der Waals surface area contributed by atoms with Crippen LogP contribution in [0.2, 0.25) is 48.4 Å². The molecule has 0 saturated carbocycles. The maximum Gasteiger partial charge on any atom is 0.478 e. The van der Waals surface area contributed by atoms with Gasteiger partial charge in [-0.1, -0.05) is 181 Å². The molecule has 28 heteroatoms. The van der Waals surface area contributed by atoms with Gasteiger partial charge < -0.3 is 49.4 Å². The molecule has 6 aliphatic rings. The molecule has 0 aromatic heterocycles. The summed E-state index contributed by atoms with van der Waals surface area (Å²) in [6, 6.07) is 4.58. The Morgan fingerprint density at radius 1 is 0.192 bits per heavy atom. The Morgan fingerprint density at radius 3 is 0.365 bits per heavy atom. The van der Waals surface area contributed by atoms with Crippen molar-refractivity contribution in [1.82, 2.24) is 0 Å². The Kier molecular flexibility index (Phi) is 22.0. The van der Waals surface area contributed by atoms with E-state index in [4.69, 9.17) is 49.4 Å². The van der Waals surface area contributed by atoms with Crippen LogP contribution in [0.25, 0.3) is 0 Å². The van der Waals surface area contributed by atoms with Gasteiger partial charge in [-0.3, -0.25) is 0 Å². The zero-order chi connectivity index (χ0) is 37.5. The molecule has 6 saturated heterocycles. The van der Waals surface area contributed by atoms with Crippen molar-refractivity contribution >= 4 is 251 Å². The third kappa shape index (κ3) is 12.7. The van der Waals surface area contributed by atoms with Gasteiger partial charge in [-0.25, -0.2) is 0 Å². The minimum absolute atomic E-state index is 0.572. The third-order valence-corrected chi connectivity index (χ3v) is 52.4. The van der Waals surface area contributed by atoms with E-state index in [0.29, 0.717) is 48.4 Å². The van der Waals surface area contributed by atoms with Gasteiger partial charge in [0, 0.05) is 48.4 Å². The monoisotopic (exact) mass is 1770 g/mol. The van der Waals surface area contributed by atoms with Crippen molar-refractivity contribution in [2.24, 2.45) is 0 Å². The summed E-state index contributed by atoms with van der Waals surface area (Å²) < 4.78 is 99.8. The summed E-state index contributed by atoms with van der Waals surface area (Å²) in [7, 11) is -30.0. The molecule has 304 valence electrons. The van der Waals surface area contributed by atoms with Crippen LogP contribution in [-0.4, -0.2) is 106 Å². The SMILES string of the molecule is ICCC[Si]12O[Si]3(CCCI)O[Si]4(CCCI)O[Si](CCCI)(O1)O[Si]1(CCCI)O[Si](CCCI)(O2)O[Si](CCCI)(O3)O[Si](CCCI)(O4)O1. The number of hydrogen-bond donors (Lipinski definition) is 0. The normalized spacial score (nSPS) is 41.1. The average Bonchev–Trinajstić information content (AvgIpc) is 3.08.